The lowest BCUT2D eigenvalue weighted by Crippen LogP contribution is -2.47. The number of nitrogens with zero attached hydrogens (tertiary/aromatic N) is 5. The summed E-state index contributed by atoms with van der Waals surface area (Å²) in [7, 11) is -2.52. The van der Waals surface area contributed by atoms with Crippen molar-refractivity contribution in [3.05, 3.63) is 101 Å². The lowest BCUT2D eigenvalue weighted by Gasteiger charge is -2.39. The number of anilines is 1. The van der Waals surface area contributed by atoms with Gasteiger partial charge in [0.05, 0.1) is 11.1 Å². The van der Waals surface area contributed by atoms with Crippen molar-refractivity contribution in [1.29, 1.82) is 0 Å². The minimum Gasteiger partial charge on any atom is -0.369 e. The maximum Gasteiger partial charge on any atom is 0.283 e. The van der Waals surface area contributed by atoms with Crippen LogP contribution < -0.4 is 9.62 Å². The van der Waals surface area contributed by atoms with Crippen LogP contribution in [0.2, 0.25) is 5.02 Å². The van der Waals surface area contributed by atoms with Crippen molar-refractivity contribution in [2.75, 3.05) is 37.6 Å². The predicted octanol–water partition coefficient (Wildman–Crippen LogP) is 6.18. The molecule has 0 spiro atoms. The first kappa shape index (κ1) is 32.9. The molecular formula is C35H38ClFN6O3S. The minimum atomic E-state index is -4.19. The lowest BCUT2D eigenvalue weighted by atomic mass is 9.72. The normalized spacial score (nSPS) is 17.2. The molecule has 2 aromatic heterocycles. The highest BCUT2D eigenvalue weighted by Crippen LogP contribution is 2.43. The summed E-state index contributed by atoms with van der Waals surface area (Å²) >= 11 is 6.17. The zero-order chi connectivity index (χ0) is 33.3. The van der Waals surface area contributed by atoms with Crippen molar-refractivity contribution in [3.8, 4) is 11.3 Å². The lowest BCUT2D eigenvalue weighted by molar-refractivity contribution is 0.0976. The van der Waals surface area contributed by atoms with Crippen molar-refractivity contribution < 1.29 is 17.6 Å². The van der Waals surface area contributed by atoms with Gasteiger partial charge in [-0.3, -0.25) is 14.4 Å². The molecular weight excluding hydrogens is 639 g/mol. The van der Waals surface area contributed by atoms with E-state index in [1.165, 1.54) is 46.1 Å². The second kappa shape index (κ2) is 13.2. The summed E-state index contributed by atoms with van der Waals surface area (Å²) in [6.45, 7) is 9.02. The van der Waals surface area contributed by atoms with Crippen molar-refractivity contribution in [1.82, 2.24) is 24.4 Å². The van der Waals surface area contributed by atoms with E-state index in [0.717, 1.165) is 68.4 Å². The van der Waals surface area contributed by atoms with Crippen LogP contribution in [0, 0.1) is 11.2 Å². The Morgan fingerprint density at radius 3 is 2.34 bits per heavy atom. The third kappa shape index (κ3) is 7.58. The third-order valence-corrected chi connectivity index (χ3v) is 10.6. The summed E-state index contributed by atoms with van der Waals surface area (Å²) < 4.78 is 44.1. The average Bonchev–Trinajstić information content (AvgIpc) is 3.48. The molecule has 12 heteroatoms. The number of pyridine rings is 1. The van der Waals surface area contributed by atoms with Gasteiger partial charge < -0.3 is 4.90 Å². The quantitative estimate of drug-likeness (QED) is 0.238. The first-order chi connectivity index (χ1) is 22.4. The van der Waals surface area contributed by atoms with Gasteiger partial charge in [-0.15, -0.1) is 0 Å². The van der Waals surface area contributed by atoms with Crippen LogP contribution >= 0.6 is 11.6 Å². The second-order valence-corrected chi connectivity index (χ2v) is 15.2. The molecule has 246 valence electrons. The number of carbonyl (C=O) groups is 1. The monoisotopic (exact) mass is 676 g/mol. The Labute approximate surface area is 280 Å². The van der Waals surface area contributed by atoms with Gasteiger partial charge in [0.1, 0.15) is 17.2 Å². The molecule has 1 saturated heterocycles. The molecule has 6 rings (SSSR count). The largest absolute Gasteiger partial charge is 0.369 e. The van der Waals surface area contributed by atoms with Crippen LogP contribution in [0.15, 0.2) is 83.5 Å². The van der Waals surface area contributed by atoms with Gasteiger partial charge in [0, 0.05) is 62.2 Å². The molecule has 1 N–H and O–H groups in total. The van der Waals surface area contributed by atoms with Crippen molar-refractivity contribution in [2.45, 2.75) is 38.0 Å². The van der Waals surface area contributed by atoms with E-state index in [1.54, 1.807) is 25.4 Å². The fourth-order valence-electron chi connectivity index (χ4n) is 6.28. The Kier molecular flexibility index (Phi) is 9.24. The summed E-state index contributed by atoms with van der Waals surface area (Å²) in [5, 5.41) is 4.74. The van der Waals surface area contributed by atoms with E-state index in [-0.39, 0.29) is 21.7 Å². The van der Waals surface area contributed by atoms with Gasteiger partial charge >= 0.3 is 0 Å². The smallest absolute Gasteiger partial charge is 0.283 e. The second-order valence-electron chi connectivity index (χ2n) is 13.1. The molecule has 47 heavy (non-hydrogen) atoms. The molecule has 0 saturated carbocycles. The fraction of sp³-hybridized carbons (Fsp3) is 0.343. The van der Waals surface area contributed by atoms with E-state index < -0.39 is 21.7 Å². The van der Waals surface area contributed by atoms with Crippen LogP contribution in [-0.2, 0) is 17.1 Å². The summed E-state index contributed by atoms with van der Waals surface area (Å²) in [6, 6.07) is 16.9. The Hall–Kier alpha value is -4.06. The van der Waals surface area contributed by atoms with E-state index in [2.05, 4.69) is 50.6 Å². The molecule has 0 radical (unpaired) electrons. The highest BCUT2D eigenvalue weighted by atomic mass is 35.5. The highest BCUT2D eigenvalue weighted by molar-refractivity contribution is 7.90. The number of aryl methyl sites for hydroxylation is 1. The summed E-state index contributed by atoms with van der Waals surface area (Å²) in [5.74, 6) is -1.60. The minimum absolute atomic E-state index is 0.0512. The maximum atomic E-state index is 14.4. The highest BCUT2D eigenvalue weighted by Gasteiger charge is 2.29. The van der Waals surface area contributed by atoms with Crippen molar-refractivity contribution in [2.24, 2.45) is 12.5 Å². The number of sulfonamides is 1. The van der Waals surface area contributed by atoms with Crippen LogP contribution in [-0.4, -0.2) is 66.7 Å². The number of benzene rings is 2. The first-order valence-corrected chi connectivity index (χ1v) is 17.5. The first-order valence-electron chi connectivity index (χ1n) is 15.6. The van der Waals surface area contributed by atoms with Crippen molar-refractivity contribution in [3.63, 3.8) is 0 Å². The number of carbonyl (C=O) groups excluding carboxylic acids is 1. The SMILES string of the molecule is Cn1cc(-c2nc(C(=O)NS(=O)(=O)c3ccc(N4CCN(CC5=C(c6ccc(Cl)cc6)CC(C)(C)CC5)CC4)cc3)ccc2F)cn1. The Morgan fingerprint density at radius 2 is 1.68 bits per heavy atom. The molecule has 0 atom stereocenters. The molecule has 1 amide bonds. The van der Waals surface area contributed by atoms with E-state index in [0.29, 0.717) is 5.56 Å². The molecule has 0 unspecified atom stereocenters. The number of hydrogen-bond acceptors (Lipinski definition) is 7. The van der Waals surface area contributed by atoms with Crippen LogP contribution in [0.4, 0.5) is 10.1 Å². The fourth-order valence-corrected chi connectivity index (χ4v) is 7.37. The average molecular weight is 677 g/mol. The van der Waals surface area contributed by atoms with E-state index in [4.69, 9.17) is 11.6 Å². The molecule has 2 aliphatic rings. The van der Waals surface area contributed by atoms with Gasteiger partial charge in [-0.2, -0.15) is 5.10 Å². The number of rotatable bonds is 8. The van der Waals surface area contributed by atoms with Crippen LogP contribution in [0.3, 0.4) is 0 Å². The standard InChI is InChI=1S/C35H38ClFN6O3S/c1-35(2)15-14-25(30(20-35)24-4-6-27(36)7-5-24)23-42-16-18-43(19-17-42)28-8-10-29(11-9-28)47(45,46)40-34(44)32-13-12-31(37)33(39-32)26-21-38-41(3)22-26/h4-13,21-22H,14-20,23H2,1-3H3,(H,40,44). The van der Waals surface area contributed by atoms with Gasteiger partial charge in [0.2, 0.25) is 0 Å². The molecule has 0 bridgehead atoms. The Balaban J connectivity index is 1.08. The summed E-state index contributed by atoms with van der Waals surface area (Å²) in [5.41, 5.74) is 5.43. The molecule has 3 heterocycles. The number of amides is 1. The number of piperazine rings is 1. The molecule has 4 aromatic rings. The molecule has 1 aliphatic heterocycles. The van der Waals surface area contributed by atoms with Gasteiger partial charge in [-0.05, 0) is 84.3 Å². The molecule has 9 nitrogen and oxygen atoms in total. The number of hydrogen-bond donors (Lipinski definition) is 1. The van der Waals surface area contributed by atoms with Gasteiger partial charge in [0.15, 0.2) is 0 Å². The molecule has 2 aromatic carbocycles. The Morgan fingerprint density at radius 1 is 0.979 bits per heavy atom. The summed E-state index contributed by atoms with van der Waals surface area (Å²) in [4.78, 5) is 21.6. The number of halogens is 2. The Bertz CT molecular complexity index is 1920. The van der Waals surface area contributed by atoms with E-state index in [9.17, 15) is 17.6 Å². The number of allylic oxidation sites excluding steroid dienone is 1. The zero-order valence-electron chi connectivity index (χ0n) is 26.7. The maximum absolute atomic E-state index is 14.4. The topological polar surface area (TPSA) is 100 Å². The van der Waals surface area contributed by atoms with Gasteiger partial charge in [0.25, 0.3) is 15.9 Å². The van der Waals surface area contributed by atoms with Crippen LogP contribution in [0.5, 0.6) is 0 Å². The molecule has 1 fully saturated rings. The van der Waals surface area contributed by atoms with Gasteiger partial charge in [-0.1, -0.05) is 43.2 Å². The van der Waals surface area contributed by atoms with Crippen LogP contribution in [0.1, 0.15) is 49.2 Å². The zero-order valence-corrected chi connectivity index (χ0v) is 28.3. The van der Waals surface area contributed by atoms with Crippen molar-refractivity contribution >= 4 is 38.8 Å². The predicted molar refractivity (Wildman–Crippen MR) is 182 cm³/mol. The molecule has 1 aliphatic carbocycles. The van der Waals surface area contributed by atoms with E-state index >= 15 is 0 Å². The van der Waals surface area contributed by atoms with Gasteiger partial charge in [-0.25, -0.2) is 22.5 Å². The number of aromatic nitrogens is 3. The van der Waals surface area contributed by atoms with E-state index in [1.807, 2.05) is 12.1 Å². The number of nitrogens with one attached hydrogen (secondary N) is 1. The summed E-state index contributed by atoms with van der Waals surface area (Å²) in [6.07, 6.45) is 6.27. The third-order valence-electron chi connectivity index (χ3n) is 8.96. The van der Waals surface area contributed by atoms with Crippen LogP contribution in [0.25, 0.3) is 16.8 Å².